The molecule has 0 amide bonds. The maximum Gasteiger partial charge on any atom is 0.309 e. The van der Waals surface area contributed by atoms with Crippen molar-refractivity contribution < 1.29 is 9.53 Å². The van der Waals surface area contributed by atoms with Gasteiger partial charge in [-0.2, -0.15) is 0 Å². The summed E-state index contributed by atoms with van der Waals surface area (Å²) in [6.07, 6.45) is 3.85. The third kappa shape index (κ3) is 3.21. The molecule has 1 aliphatic rings. The zero-order valence-electron chi connectivity index (χ0n) is 11.0. The van der Waals surface area contributed by atoms with Crippen molar-refractivity contribution in [1.29, 1.82) is 0 Å². The molecule has 94 valence electrons. The fourth-order valence-electron chi connectivity index (χ4n) is 2.50. The van der Waals surface area contributed by atoms with Crippen LogP contribution in [0.2, 0.25) is 0 Å². The second-order valence-corrected chi connectivity index (χ2v) is 4.96. The molecule has 0 bridgehead atoms. The Kier molecular flexibility index (Phi) is 5.26. The molecule has 0 aromatic carbocycles. The Morgan fingerprint density at radius 3 is 2.75 bits per heavy atom. The van der Waals surface area contributed by atoms with Crippen LogP contribution in [0.15, 0.2) is 0 Å². The molecule has 0 spiro atoms. The lowest BCUT2D eigenvalue weighted by Crippen LogP contribution is -2.46. The largest absolute Gasteiger partial charge is 0.469 e. The van der Waals surface area contributed by atoms with E-state index in [1.54, 1.807) is 0 Å². The Bertz CT molecular complexity index is 230. The second kappa shape index (κ2) is 6.24. The zero-order chi connectivity index (χ0) is 12.1. The summed E-state index contributed by atoms with van der Waals surface area (Å²) in [5.41, 5.74) is 0. The molecular weight excluding hydrogens is 202 g/mol. The van der Waals surface area contributed by atoms with Crippen LogP contribution < -0.4 is 0 Å². The van der Waals surface area contributed by atoms with E-state index >= 15 is 0 Å². The van der Waals surface area contributed by atoms with Gasteiger partial charge in [-0.1, -0.05) is 20.3 Å². The van der Waals surface area contributed by atoms with Crippen LogP contribution in [0, 0.1) is 11.8 Å². The van der Waals surface area contributed by atoms with Crippen LogP contribution in [0.3, 0.4) is 0 Å². The summed E-state index contributed by atoms with van der Waals surface area (Å²) >= 11 is 0. The SMILES string of the molecule is CCC1CCCN(C(C)C(C)C(=O)OC)C1. The van der Waals surface area contributed by atoms with Gasteiger partial charge in [0.2, 0.25) is 0 Å². The number of piperidine rings is 1. The molecule has 0 aromatic heterocycles. The topological polar surface area (TPSA) is 29.5 Å². The van der Waals surface area contributed by atoms with Gasteiger partial charge in [0.25, 0.3) is 0 Å². The number of methoxy groups -OCH3 is 1. The highest BCUT2D eigenvalue weighted by atomic mass is 16.5. The van der Waals surface area contributed by atoms with Crippen LogP contribution in [0.1, 0.15) is 40.0 Å². The van der Waals surface area contributed by atoms with Gasteiger partial charge >= 0.3 is 5.97 Å². The van der Waals surface area contributed by atoms with Gasteiger partial charge in [-0.25, -0.2) is 0 Å². The average Bonchev–Trinajstić information content (AvgIpc) is 2.36. The molecule has 0 N–H and O–H groups in total. The van der Waals surface area contributed by atoms with E-state index in [1.807, 2.05) is 6.92 Å². The third-order valence-corrected chi connectivity index (χ3v) is 4.00. The fraction of sp³-hybridized carbons (Fsp3) is 0.923. The van der Waals surface area contributed by atoms with Crippen LogP contribution in [0.4, 0.5) is 0 Å². The van der Waals surface area contributed by atoms with Crippen molar-refractivity contribution in [2.45, 2.75) is 46.1 Å². The molecular formula is C13H25NO2. The lowest BCUT2D eigenvalue weighted by Gasteiger charge is -2.38. The first-order valence-corrected chi connectivity index (χ1v) is 6.42. The molecule has 3 atom stereocenters. The zero-order valence-corrected chi connectivity index (χ0v) is 11.0. The van der Waals surface area contributed by atoms with Crippen LogP contribution in [0.25, 0.3) is 0 Å². The summed E-state index contributed by atoms with van der Waals surface area (Å²) in [7, 11) is 1.47. The maximum atomic E-state index is 11.5. The van der Waals surface area contributed by atoms with E-state index in [0.717, 1.165) is 19.0 Å². The van der Waals surface area contributed by atoms with Gasteiger partial charge in [0.1, 0.15) is 0 Å². The van der Waals surface area contributed by atoms with E-state index in [-0.39, 0.29) is 11.9 Å². The summed E-state index contributed by atoms with van der Waals surface area (Å²) in [5.74, 6) is 0.688. The van der Waals surface area contributed by atoms with E-state index in [1.165, 1.54) is 26.4 Å². The highest BCUT2D eigenvalue weighted by Crippen LogP contribution is 2.23. The molecule has 3 unspecified atom stereocenters. The molecule has 16 heavy (non-hydrogen) atoms. The number of esters is 1. The van der Waals surface area contributed by atoms with Crippen LogP contribution in [-0.2, 0) is 9.53 Å². The van der Waals surface area contributed by atoms with Crippen molar-refractivity contribution in [3.05, 3.63) is 0 Å². The van der Waals surface area contributed by atoms with Crippen LogP contribution in [0.5, 0.6) is 0 Å². The number of nitrogens with zero attached hydrogens (tertiary/aromatic N) is 1. The van der Waals surface area contributed by atoms with E-state index in [9.17, 15) is 4.79 Å². The van der Waals surface area contributed by atoms with Gasteiger partial charge in [0.15, 0.2) is 0 Å². The van der Waals surface area contributed by atoms with Crippen molar-refractivity contribution in [2.75, 3.05) is 20.2 Å². The predicted octanol–water partition coefficient (Wildman–Crippen LogP) is 2.31. The smallest absolute Gasteiger partial charge is 0.309 e. The molecule has 3 nitrogen and oxygen atoms in total. The Morgan fingerprint density at radius 1 is 1.50 bits per heavy atom. The number of carbonyl (C=O) groups is 1. The minimum atomic E-state index is -0.0916. The van der Waals surface area contributed by atoms with Crippen LogP contribution >= 0.6 is 0 Å². The number of carbonyl (C=O) groups excluding carboxylic acids is 1. The monoisotopic (exact) mass is 227 g/mol. The molecule has 1 fully saturated rings. The normalized spacial score (nSPS) is 26.1. The van der Waals surface area contributed by atoms with E-state index in [0.29, 0.717) is 6.04 Å². The second-order valence-electron chi connectivity index (χ2n) is 4.96. The van der Waals surface area contributed by atoms with Gasteiger partial charge in [0.05, 0.1) is 13.0 Å². The molecule has 0 radical (unpaired) electrons. The molecule has 1 saturated heterocycles. The lowest BCUT2D eigenvalue weighted by molar-refractivity contribution is -0.147. The summed E-state index contributed by atoms with van der Waals surface area (Å²) in [6, 6.07) is 0.293. The maximum absolute atomic E-state index is 11.5. The fourth-order valence-corrected chi connectivity index (χ4v) is 2.50. The molecule has 0 aliphatic carbocycles. The number of hydrogen-bond donors (Lipinski definition) is 0. The first-order valence-electron chi connectivity index (χ1n) is 6.42. The molecule has 1 aliphatic heterocycles. The highest BCUT2D eigenvalue weighted by Gasteiger charge is 2.29. The summed E-state index contributed by atoms with van der Waals surface area (Å²) in [5, 5.41) is 0. The van der Waals surface area contributed by atoms with Crippen molar-refractivity contribution in [1.82, 2.24) is 4.90 Å². The minimum Gasteiger partial charge on any atom is -0.469 e. The summed E-state index contributed by atoms with van der Waals surface area (Å²) < 4.78 is 4.81. The third-order valence-electron chi connectivity index (χ3n) is 4.00. The lowest BCUT2D eigenvalue weighted by atomic mass is 9.92. The molecule has 1 rings (SSSR count). The Morgan fingerprint density at radius 2 is 2.19 bits per heavy atom. The number of hydrogen-bond acceptors (Lipinski definition) is 3. The summed E-state index contributed by atoms with van der Waals surface area (Å²) in [6.45, 7) is 8.62. The van der Waals surface area contributed by atoms with Gasteiger partial charge in [-0.15, -0.1) is 0 Å². The first-order chi connectivity index (χ1) is 7.60. The Hall–Kier alpha value is -0.570. The predicted molar refractivity (Wildman–Crippen MR) is 65.2 cm³/mol. The van der Waals surface area contributed by atoms with Crippen molar-refractivity contribution in [3.8, 4) is 0 Å². The first kappa shape index (κ1) is 13.5. The van der Waals surface area contributed by atoms with E-state index in [2.05, 4.69) is 18.7 Å². The van der Waals surface area contributed by atoms with Gasteiger partial charge in [-0.05, 0) is 32.2 Å². The molecule has 0 aromatic rings. The van der Waals surface area contributed by atoms with E-state index < -0.39 is 0 Å². The highest BCUT2D eigenvalue weighted by molar-refractivity contribution is 5.72. The Balaban J connectivity index is 2.52. The van der Waals surface area contributed by atoms with Crippen molar-refractivity contribution in [2.24, 2.45) is 11.8 Å². The minimum absolute atomic E-state index is 0.0272. The van der Waals surface area contributed by atoms with Gasteiger partial charge in [-0.3, -0.25) is 9.69 Å². The average molecular weight is 227 g/mol. The van der Waals surface area contributed by atoms with Crippen LogP contribution in [-0.4, -0.2) is 37.1 Å². The molecule has 1 heterocycles. The molecule has 0 saturated carbocycles. The van der Waals surface area contributed by atoms with Gasteiger partial charge in [0, 0.05) is 12.6 Å². The number of likely N-dealkylation sites (tertiary alicyclic amines) is 1. The molecule has 3 heteroatoms. The number of rotatable bonds is 4. The van der Waals surface area contributed by atoms with Crippen molar-refractivity contribution >= 4 is 5.97 Å². The standard InChI is InChI=1S/C13H25NO2/c1-5-12-7-6-8-14(9-12)11(3)10(2)13(15)16-4/h10-12H,5-9H2,1-4H3. The Labute approximate surface area is 99.1 Å². The van der Waals surface area contributed by atoms with Crippen molar-refractivity contribution in [3.63, 3.8) is 0 Å². The quantitative estimate of drug-likeness (QED) is 0.690. The van der Waals surface area contributed by atoms with Gasteiger partial charge < -0.3 is 4.74 Å². The van der Waals surface area contributed by atoms with E-state index in [4.69, 9.17) is 4.74 Å². The number of ether oxygens (including phenoxy) is 1. The summed E-state index contributed by atoms with van der Waals surface area (Å²) in [4.78, 5) is 13.9.